The van der Waals surface area contributed by atoms with E-state index in [-0.39, 0.29) is 11.9 Å². The average molecular weight is 329 g/mol. The van der Waals surface area contributed by atoms with Gasteiger partial charge in [-0.3, -0.25) is 4.79 Å². The zero-order valence-corrected chi connectivity index (χ0v) is 13.5. The average Bonchev–Trinajstić information content (AvgIpc) is 2.95. The number of ether oxygens (including phenoxy) is 1. The number of thioether (sulfide) groups is 1. The van der Waals surface area contributed by atoms with Gasteiger partial charge in [0.1, 0.15) is 5.01 Å². The van der Waals surface area contributed by atoms with Gasteiger partial charge in [-0.2, -0.15) is 11.8 Å². The highest BCUT2D eigenvalue weighted by Gasteiger charge is 2.17. The molecule has 0 aliphatic carbocycles. The minimum atomic E-state index is -0.422. The van der Waals surface area contributed by atoms with Crippen LogP contribution in [-0.4, -0.2) is 47.6 Å². The molecule has 116 valence electrons. The van der Waals surface area contributed by atoms with Gasteiger partial charge in [-0.1, -0.05) is 0 Å². The van der Waals surface area contributed by atoms with Crippen molar-refractivity contribution in [3.63, 3.8) is 0 Å². The molecule has 0 spiro atoms. The molecule has 1 saturated heterocycles. The molecule has 1 aliphatic rings. The standard InChI is InChI=1S/C13H19N3O3S2/c1-2-19-13(18)10-8-21-12(16-10)6-15-11(17)5-9-7-20-4-3-14-9/h8-9,14H,2-7H2,1H3,(H,15,17). The third-order valence-corrected chi connectivity index (χ3v) is 4.88. The van der Waals surface area contributed by atoms with Crippen LogP contribution < -0.4 is 10.6 Å². The number of aromatic nitrogens is 1. The van der Waals surface area contributed by atoms with Crippen LogP contribution in [0.3, 0.4) is 0 Å². The number of carbonyl (C=O) groups is 2. The van der Waals surface area contributed by atoms with Gasteiger partial charge in [-0.25, -0.2) is 9.78 Å². The van der Waals surface area contributed by atoms with Crippen molar-refractivity contribution in [1.82, 2.24) is 15.6 Å². The van der Waals surface area contributed by atoms with Crippen molar-refractivity contribution in [2.75, 3.05) is 24.7 Å². The van der Waals surface area contributed by atoms with Gasteiger partial charge in [-0.15, -0.1) is 11.3 Å². The van der Waals surface area contributed by atoms with Crippen LogP contribution in [0.4, 0.5) is 0 Å². The van der Waals surface area contributed by atoms with Crippen LogP contribution in [-0.2, 0) is 16.1 Å². The lowest BCUT2D eigenvalue weighted by Crippen LogP contribution is -2.41. The number of nitrogens with zero attached hydrogens (tertiary/aromatic N) is 1. The van der Waals surface area contributed by atoms with E-state index in [0.29, 0.717) is 30.3 Å². The number of hydrogen-bond donors (Lipinski definition) is 2. The Hall–Kier alpha value is -1.12. The first-order valence-corrected chi connectivity index (χ1v) is 8.91. The highest BCUT2D eigenvalue weighted by Crippen LogP contribution is 2.12. The summed E-state index contributed by atoms with van der Waals surface area (Å²) in [6.45, 7) is 3.39. The van der Waals surface area contributed by atoms with E-state index >= 15 is 0 Å². The smallest absolute Gasteiger partial charge is 0.357 e. The third-order valence-electron chi connectivity index (χ3n) is 2.90. The van der Waals surface area contributed by atoms with Crippen molar-refractivity contribution in [2.45, 2.75) is 25.9 Å². The first-order valence-electron chi connectivity index (χ1n) is 6.88. The zero-order chi connectivity index (χ0) is 15.1. The SMILES string of the molecule is CCOC(=O)c1csc(CNC(=O)CC2CSCCN2)n1. The van der Waals surface area contributed by atoms with Gasteiger partial charge in [0.15, 0.2) is 5.69 Å². The Morgan fingerprint density at radius 3 is 3.14 bits per heavy atom. The molecule has 1 aromatic heterocycles. The van der Waals surface area contributed by atoms with E-state index < -0.39 is 5.97 Å². The molecule has 2 N–H and O–H groups in total. The van der Waals surface area contributed by atoms with Crippen LogP contribution in [0.1, 0.15) is 28.8 Å². The molecule has 6 nitrogen and oxygen atoms in total. The van der Waals surface area contributed by atoms with Crippen molar-refractivity contribution in [3.8, 4) is 0 Å². The summed E-state index contributed by atoms with van der Waals surface area (Å²) < 4.78 is 4.87. The number of nitrogens with one attached hydrogen (secondary N) is 2. The summed E-state index contributed by atoms with van der Waals surface area (Å²) >= 11 is 3.21. The van der Waals surface area contributed by atoms with Gasteiger partial charge in [0.05, 0.1) is 13.2 Å². The Bertz CT molecular complexity index is 487. The van der Waals surface area contributed by atoms with Crippen LogP contribution in [0.2, 0.25) is 0 Å². The Morgan fingerprint density at radius 2 is 2.43 bits per heavy atom. The van der Waals surface area contributed by atoms with Gasteiger partial charge in [0.2, 0.25) is 5.91 Å². The number of hydrogen-bond acceptors (Lipinski definition) is 7. The van der Waals surface area contributed by atoms with E-state index in [0.717, 1.165) is 18.1 Å². The second-order valence-electron chi connectivity index (χ2n) is 4.55. The number of thiazole rings is 1. The first kappa shape index (κ1) is 16.3. The fourth-order valence-corrected chi connectivity index (χ4v) is 3.56. The predicted octanol–water partition coefficient (Wildman–Crippen LogP) is 1.03. The maximum Gasteiger partial charge on any atom is 0.357 e. The number of rotatable bonds is 6. The largest absolute Gasteiger partial charge is 0.461 e. The van der Waals surface area contributed by atoms with Crippen LogP contribution in [0, 0.1) is 0 Å². The number of amides is 1. The number of esters is 1. The van der Waals surface area contributed by atoms with Crippen LogP contribution in [0.5, 0.6) is 0 Å². The van der Waals surface area contributed by atoms with Crippen molar-refractivity contribution in [2.24, 2.45) is 0 Å². The topological polar surface area (TPSA) is 80.3 Å². The van der Waals surface area contributed by atoms with E-state index in [1.54, 1.807) is 12.3 Å². The number of carbonyl (C=O) groups excluding carboxylic acids is 2. The summed E-state index contributed by atoms with van der Waals surface area (Å²) in [5.41, 5.74) is 0.302. The normalized spacial score (nSPS) is 18.2. The van der Waals surface area contributed by atoms with E-state index in [2.05, 4.69) is 15.6 Å². The Balaban J connectivity index is 1.74. The lowest BCUT2D eigenvalue weighted by Gasteiger charge is -2.22. The molecule has 0 saturated carbocycles. The second-order valence-corrected chi connectivity index (χ2v) is 6.65. The van der Waals surface area contributed by atoms with Gasteiger partial charge in [0.25, 0.3) is 0 Å². The minimum absolute atomic E-state index is 0.00267. The van der Waals surface area contributed by atoms with E-state index in [9.17, 15) is 9.59 Å². The molecule has 2 rings (SSSR count). The molecule has 1 aliphatic heterocycles. The monoisotopic (exact) mass is 329 g/mol. The van der Waals surface area contributed by atoms with Crippen molar-refractivity contribution in [3.05, 3.63) is 16.1 Å². The summed E-state index contributed by atoms with van der Waals surface area (Å²) in [7, 11) is 0. The van der Waals surface area contributed by atoms with Gasteiger partial charge >= 0.3 is 5.97 Å². The Morgan fingerprint density at radius 1 is 1.57 bits per heavy atom. The molecule has 21 heavy (non-hydrogen) atoms. The molecular formula is C13H19N3O3S2. The summed E-state index contributed by atoms with van der Waals surface area (Å²) in [6.07, 6.45) is 0.475. The lowest BCUT2D eigenvalue weighted by molar-refractivity contribution is -0.121. The lowest BCUT2D eigenvalue weighted by atomic mass is 10.2. The first-order chi connectivity index (χ1) is 10.2. The van der Waals surface area contributed by atoms with E-state index in [1.807, 2.05) is 11.8 Å². The van der Waals surface area contributed by atoms with E-state index in [4.69, 9.17) is 4.74 Å². The third kappa shape index (κ3) is 5.29. The zero-order valence-electron chi connectivity index (χ0n) is 11.9. The van der Waals surface area contributed by atoms with Crippen molar-refractivity contribution < 1.29 is 14.3 Å². The van der Waals surface area contributed by atoms with Crippen LogP contribution in [0.15, 0.2) is 5.38 Å². The highest BCUT2D eigenvalue weighted by atomic mass is 32.2. The fraction of sp³-hybridized carbons (Fsp3) is 0.615. The summed E-state index contributed by atoms with van der Waals surface area (Å²) in [5, 5.41) is 8.52. The molecule has 1 fully saturated rings. The van der Waals surface area contributed by atoms with Gasteiger partial charge < -0.3 is 15.4 Å². The van der Waals surface area contributed by atoms with Crippen molar-refractivity contribution >= 4 is 35.0 Å². The van der Waals surface area contributed by atoms with E-state index in [1.165, 1.54) is 11.3 Å². The van der Waals surface area contributed by atoms with Gasteiger partial charge in [0, 0.05) is 35.9 Å². The van der Waals surface area contributed by atoms with Gasteiger partial charge in [-0.05, 0) is 6.92 Å². The molecule has 8 heteroatoms. The Labute approximate surface area is 132 Å². The fourth-order valence-electron chi connectivity index (χ4n) is 1.91. The predicted molar refractivity (Wildman–Crippen MR) is 83.6 cm³/mol. The molecule has 0 radical (unpaired) electrons. The quantitative estimate of drug-likeness (QED) is 0.759. The molecule has 2 heterocycles. The molecule has 1 aromatic rings. The second kappa shape index (κ2) is 8.35. The maximum absolute atomic E-state index is 11.9. The molecule has 0 bridgehead atoms. The molecule has 1 unspecified atom stereocenters. The van der Waals surface area contributed by atoms with Crippen LogP contribution >= 0.6 is 23.1 Å². The highest BCUT2D eigenvalue weighted by molar-refractivity contribution is 7.99. The summed E-state index contributed by atoms with van der Waals surface area (Å²) in [5.74, 6) is 1.66. The molecule has 1 atom stereocenters. The molecule has 0 aromatic carbocycles. The van der Waals surface area contributed by atoms with Crippen LogP contribution in [0.25, 0.3) is 0 Å². The molecule has 1 amide bonds. The summed E-state index contributed by atoms with van der Waals surface area (Å²) in [6, 6.07) is 0.245. The summed E-state index contributed by atoms with van der Waals surface area (Å²) in [4.78, 5) is 27.5. The minimum Gasteiger partial charge on any atom is -0.461 e. The van der Waals surface area contributed by atoms with Crippen molar-refractivity contribution in [1.29, 1.82) is 0 Å². The Kier molecular flexibility index (Phi) is 6.47. The maximum atomic E-state index is 11.9. The molecular weight excluding hydrogens is 310 g/mol.